The molecular weight excluding hydrogens is 428 g/mol. The van der Waals surface area contributed by atoms with Gasteiger partial charge in [-0.2, -0.15) is 4.98 Å². The van der Waals surface area contributed by atoms with Crippen molar-refractivity contribution in [3.63, 3.8) is 0 Å². The van der Waals surface area contributed by atoms with Gasteiger partial charge in [0.1, 0.15) is 17.5 Å². The summed E-state index contributed by atoms with van der Waals surface area (Å²) in [6.45, 7) is 4.40. The lowest BCUT2D eigenvalue weighted by atomic mass is 9.99. The first-order chi connectivity index (χ1) is 14.4. The van der Waals surface area contributed by atoms with Crippen molar-refractivity contribution < 1.29 is 8.78 Å². The highest BCUT2D eigenvalue weighted by atomic mass is 35.5. The fourth-order valence-electron chi connectivity index (χ4n) is 4.51. The Labute approximate surface area is 181 Å². The molecule has 2 aliphatic rings. The van der Waals surface area contributed by atoms with Crippen molar-refractivity contribution in [3.05, 3.63) is 51.4 Å². The molecule has 3 aromatic rings. The van der Waals surface area contributed by atoms with E-state index in [4.69, 9.17) is 11.6 Å². The van der Waals surface area contributed by atoms with Crippen LogP contribution >= 0.6 is 23.4 Å². The molecular formula is C22H20ClF2N3OS. The third-order valence-corrected chi connectivity index (χ3v) is 7.24. The van der Waals surface area contributed by atoms with Crippen LogP contribution in [0.25, 0.3) is 22.0 Å². The fraction of sp³-hybridized carbons (Fsp3) is 0.364. The van der Waals surface area contributed by atoms with Crippen LogP contribution in [0.4, 0.5) is 14.6 Å². The number of nitrogens with zero attached hydrogens (tertiary/aromatic N) is 3. The maximum Gasteiger partial charge on any atom is 0.350 e. The summed E-state index contributed by atoms with van der Waals surface area (Å²) in [6, 6.07) is 5.26. The van der Waals surface area contributed by atoms with Gasteiger partial charge < -0.3 is 4.90 Å². The van der Waals surface area contributed by atoms with Crippen LogP contribution in [0, 0.1) is 17.6 Å². The minimum Gasteiger partial charge on any atom is -0.356 e. The molecule has 156 valence electrons. The van der Waals surface area contributed by atoms with E-state index in [-0.39, 0.29) is 11.3 Å². The lowest BCUT2D eigenvalue weighted by Crippen LogP contribution is -2.37. The molecule has 8 heteroatoms. The zero-order valence-corrected chi connectivity index (χ0v) is 18.0. The van der Waals surface area contributed by atoms with Crippen molar-refractivity contribution in [2.75, 3.05) is 23.7 Å². The number of rotatable bonds is 2. The molecule has 2 aliphatic heterocycles. The Kier molecular flexibility index (Phi) is 4.98. The Morgan fingerprint density at radius 1 is 1.23 bits per heavy atom. The van der Waals surface area contributed by atoms with Crippen LogP contribution in [0.2, 0.25) is 5.02 Å². The van der Waals surface area contributed by atoms with Crippen LogP contribution in [-0.4, -0.2) is 28.4 Å². The topological polar surface area (TPSA) is 38.1 Å². The van der Waals surface area contributed by atoms with Crippen LogP contribution < -0.4 is 10.6 Å². The highest BCUT2D eigenvalue weighted by Gasteiger charge is 2.28. The molecule has 0 unspecified atom stereocenters. The standard InChI is InChI=1S/C22H20ClF2N3OS/c1-12-3-2-6-27(11-12)21-15-10-16(23)18(14-5-4-13(24)9-17(14)25)20-19(15)28(7-8-30-20)22(29)26-21/h4-5,9-10,12H,2-3,6-8,11H2,1H3/t12-/m1/s1. The van der Waals surface area contributed by atoms with Gasteiger partial charge in [0.15, 0.2) is 0 Å². The van der Waals surface area contributed by atoms with Gasteiger partial charge >= 0.3 is 5.69 Å². The monoisotopic (exact) mass is 447 g/mol. The molecule has 0 N–H and O–H groups in total. The Morgan fingerprint density at radius 2 is 2.07 bits per heavy atom. The lowest BCUT2D eigenvalue weighted by molar-refractivity contribution is 0.444. The van der Waals surface area contributed by atoms with Gasteiger partial charge in [-0.05, 0) is 37.0 Å². The Balaban J connectivity index is 1.81. The zero-order chi connectivity index (χ0) is 21.0. The highest BCUT2D eigenvalue weighted by molar-refractivity contribution is 7.99. The van der Waals surface area contributed by atoms with Crippen LogP contribution in [-0.2, 0) is 6.54 Å². The normalized spacial score (nSPS) is 18.8. The predicted molar refractivity (Wildman–Crippen MR) is 118 cm³/mol. The van der Waals surface area contributed by atoms with Crippen LogP contribution in [0.5, 0.6) is 0 Å². The molecule has 0 radical (unpaired) electrons. The molecule has 0 aliphatic carbocycles. The van der Waals surface area contributed by atoms with Gasteiger partial charge in [0, 0.05) is 52.9 Å². The molecule has 0 saturated carbocycles. The van der Waals surface area contributed by atoms with E-state index in [1.54, 1.807) is 22.4 Å². The molecule has 1 fully saturated rings. The zero-order valence-electron chi connectivity index (χ0n) is 16.4. The minimum atomic E-state index is -0.674. The molecule has 1 aromatic heterocycles. The number of halogens is 3. The molecule has 3 heterocycles. The number of thioether (sulfide) groups is 1. The summed E-state index contributed by atoms with van der Waals surface area (Å²) < 4.78 is 29.8. The molecule has 1 saturated heterocycles. The van der Waals surface area contributed by atoms with E-state index >= 15 is 0 Å². The predicted octanol–water partition coefficient (Wildman–Crippen LogP) is 5.34. The second kappa shape index (κ2) is 7.54. The van der Waals surface area contributed by atoms with Gasteiger partial charge in [-0.3, -0.25) is 4.57 Å². The number of hydrogen-bond donors (Lipinski definition) is 0. The van der Waals surface area contributed by atoms with Crippen molar-refractivity contribution in [1.82, 2.24) is 9.55 Å². The largest absolute Gasteiger partial charge is 0.356 e. The van der Waals surface area contributed by atoms with Crippen molar-refractivity contribution in [2.45, 2.75) is 31.2 Å². The van der Waals surface area contributed by atoms with Crippen LogP contribution in [0.15, 0.2) is 34.0 Å². The second-order valence-corrected chi connectivity index (χ2v) is 9.51. The average molecular weight is 448 g/mol. The van der Waals surface area contributed by atoms with E-state index in [9.17, 15) is 13.6 Å². The molecule has 5 rings (SSSR count). The first-order valence-electron chi connectivity index (χ1n) is 10.0. The maximum atomic E-state index is 14.6. The average Bonchev–Trinajstić information content (AvgIpc) is 2.71. The van der Waals surface area contributed by atoms with E-state index in [0.717, 1.165) is 47.8 Å². The van der Waals surface area contributed by atoms with Crippen LogP contribution in [0.1, 0.15) is 19.8 Å². The molecule has 30 heavy (non-hydrogen) atoms. The molecule has 4 nitrogen and oxygen atoms in total. The number of piperidine rings is 1. The Morgan fingerprint density at radius 3 is 2.83 bits per heavy atom. The highest BCUT2D eigenvalue weighted by Crippen LogP contribution is 2.46. The molecule has 0 amide bonds. The van der Waals surface area contributed by atoms with E-state index in [1.807, 2.05) is 0 Å². The SMILES string of the molecule is C[C@@H]1CCCN(c2nc(=O)n3c4c(c(-c5ccc(F)cc5F)c(Cl)cc24)SCC3)C1. The van der Waals surface area contributed by atoms with Crippen molar-refractivity contribution in [3.8, 4) is 11.1 Å². The van der Waals surface area contributed by atoms with Gasteiger partial charge in [-0.15, -0.1) is 11.8 Å². The van der Waals surface area contributed by atoms with Crippen molar-refractivity contribution >= 4 is 40.1 Å². The Hall–Kier alpha value is -2.12. The minimum absolute atomic E-state index is 0.233. The van der Waals surface area contributed by atoms with E-state index < -0.39 is 11.6 Å². The van der Waals surface area contributed by atoms with Crippen molar-refractivity contribution in [1.29, 1.82) is 0 Å². The first kappa shape index (κ1) is 19.8. The number of anilines is 1. The summed E-state index contributed by atoms with van der Waals surface area (Å²) in [4.78, 5) is 20.2. The summed E-state index contributed by atoms with van der Waals surface area (Å²) in [5.74, 6) is 0.501. The molecule has 2 aromatic carbocycles. The van der Waals surface area contributed by atoms with Gasteiger partial charge in [0.25, 0.3) is 0 Å². The summed E-state index contributed by atoms with van der Waals surface area (Å²) in [7, 11) is 0. The summed E-state index contributed by atoms with van der Waals surface area (Å²) in [6.07, 6.45) is 2.20. The number of aryl methyl sites for hydroxylation is 1. The molecule has 0 spiro atoms. The van der Waals surface area contributed by atoms with Gasteiger partial charge in [-0.1, -0.05) is 18.5 Å². The third kappa shape index (κ3) is 3.19. The fourth-order valence-corrected chi connectivity index (χ4v) is 6.08. The number of hydrogen-bond acceptors (Lipinski definition) is 4. The summed E-state index contributed by atoms with van der Waals surface area (Å²) in [5.41, 5.74) is 1.17. The summed E-state index contributed by atoms with van der Waals surface area (Å²) >= 11 is 8.23. The Bertz CT molecular complexity index is 1230. The maximum absolute atomic E-state index is 14.6. The number of benzene rings is 2. The van der Waals surface area contributed by atoms with E-state index in [0.29, 0.717) is 34.6 Å². The second-order valence-electron chi connectivity index (χ2n) is 7.99. The van der Waals surface area contributed by atoms with Crippen molar-refractivity contribution in [2.24, 2.45) is 5.92 Å². The smallest absolute Gasteiger partial charge is 0.350 e. The summed E-state index contributed by atoms with van der Waals surface area (Å²) in [5, 5.41) is 1.18. The first-order valence-corrected chi connectivity index (χ1v) is 11.4. The number of aromatic nitrogens is 2. The van der Waals surface area contributed by atoms with Crippen LogP contribution in [0.3, 0.4) is 0 Å². The lowest BCUT2D eigenvalue weighted by Gasteiger charge is -2.33. The quantitative estimate of drug-likeness (QED) is 0.531. The van der Waals surface area contributed by atoms with E-state index in [2.05, 4.69) is 16.8 Å². The third-order valence-electron chi connectivity index (χ3n) is 5.87. The molecule has 1 atom stereocenters. The molecule has 0 bridgehead atoms. The van der Waals surface area contributed by atoms with Gasteiger partial charge in [-0.25, -0.2) is 13.6 Å². The van der Waals surface area contributed by atoms with E-state index in [1.165, 1.54) is 12.1 Å². The van der Waals surface area contributed by atoms with Gasteiger partial charge in [0.2, 0.25) is 0 Å². The van der Waals surface area contributed by atoms with Gasteiger partial charge in [0.05, 0.1) is 10.5 Å².